The number of alkyl halides is 1. The predicted molar refractivity (Wildman–Crippen MR) is 154 cm³/mol. The van der Waals surface area contributed by atoms with E-state index in [2.05, 4.69) is 40.0 Å². The van der Waals surface area contributed by atoms with Crippen LogP contribution in [-0.2, 0) is 23.9 Å². The van der Waals surface area contributed by atoms with Crippen molar-refractivity contribution in [2.24, 2.45) is 11.8 Å². The van der Waals surface area contributed by atoms with E-state index in [1.165, 1.54) is 4.90 Å². The Morgan fingerprint density at radius 3 is 2.42 bits per heavy atom. The molecule has 3 fully saturated rings. The highest BCUT2D eigenvalue weighted by Gasteiger charge is 2.77. The van der Waals surface area contributed by atoms with Gasteiger partial charge in [0.15, 0.2) is 0 Å². The van der Waals surface area contributed by atoms with E-state index in [9.17, 15) is 19.5 Å². The molecule has 2 aromatic rings. The number of rotatable bonds is 10. The van der Waals surface area contributed by atoms with Gasteiger partial charge in [0, 0.05) is 29.3 Å². The van der Waals surface area contributed by atoms with Crippen LogP contribution in [0, 0.1) is 11.8 Å². The molecule has 1 spiro atoms. The molecule has 214 valence electrons. The maximum Gasteiger partial charge on any atom is 0.312 e. The third-order valence-electron chi connectivity index (χ3n) is 8.49. The van der Waals surface area contributed by atoms with Gasteiger partial charge in [-0.05, 0) is 57.0 Å². The number of hydrogen-bond acceptors (Lipinski definition) is 7. The van der Waals surface area contributed by atoms with Crippen LogP contribution in [0.1, 0.15) is 38.8 Å². The number of carbonyl (C=O) groups excluding carboxylic acids is 3. The fourth-order valence-electron chi connectivity index (χ4n) is 6.80. The number of amides is 2. The fourth-order valence-corrected chi connectivity index (χ4v) is 7.74. The first-order valence-electron chi connectivity index (χ1n) is 13.9. The predicted octanol–water partition coefficient (Wildman–Crippen LogP) is 3.52. The summed E-state index contributed by atoms with van der Waals surface area (Å²) in [5.74, 6) is -3.08. The SMILES string of the molecule is CCOC(=O)[C@H]1[C@H]2C(=O)N([C@H](CO)c3ccccc3)C(C(=O)Nc3ccc(N(CC)CC)cc3)C23CC(Br)[C@@H]1O3. The van der Waals surface area contributed by atoms with E-state index in [1.54, 1.807) is 6.92 Å². The van der Waals surface area contributed by atoms with Gasteiger partial charge in [-0.1, -0.05) is 46.3 Å². The van der Waals surface area contributed by atoms with Crippen molar-refractivity contribution in [2.75, 3.05) is 36.5 Å². The highest BCUT2D eigenvalue weighted by Crippen LogP contribution is 2.61. The van der Waals surface area contributed by atoms with Crippen LogP contribution < -0.4 is 10.2 Å². The number of nitrogens with zero attached hydrogens (tertiary/aromatic N) is 2. The maximum absolute atomic E-state index is 14.3. The van der Waals surface area contributed by atoms with Gasteiger partial charge in [-0.15, -0.1) is 0 Å². The quantitative estimate of drug-likeness (QED) is 0.312. The van der Waals surface area contributed by atoms with Crippen LogP contribution >= 0.6 is 15.9 Å². The largest absolute Gasteiger partial charge is 0.466 e. The number of aliphatic hydroxyl groups is 1. The molecule has 3 saturated heterocycles. The first-order valence-corrected chi connectivity index (χ1v) is 14.8. The monoisotopic (exact) mass is 613 g/mol. The highest BCUT2D eigenvalue weighted by molar-refractivity contribution is 9.09. The molecule has 5 rings (SSSR count). The van der Waals surface area contributed by atoms with Crippen molar-refractivity contribution in [3.05, 3.63) is 60.2 Å². The lowest BCUT2D eigenvalue weighted by atomic mass is 9.70. The summed E-state index contributed by atoms with van der Waals surface area (Å²) in [7, 11) is 0. The number of benzene rings is 2. The Morgan fingerprint density at radius 2 is 1.82 bits per heavy atom. The van der Waals surface area contributed by atoms with Gasteiger partial charge in [-0.3, -0.25) is 14.4 Å². The second-order valence-corrected chi connectivity index (χ2v) is 11.7. The Bertz CT molecular complexity index is 1240. The van der Waals surface area contributed by atoms with Crippen LogP contribution in [-0.4, -0.2) is 76.7 Å². The average molecular weight is 615 g/mol. The minimum atomic E-state index is -1.25. The number of anilines is 2. The molecule has 9 nitrogen and oxygen atoms in total. The smallest absolute Gasteiger partial charge is 0.312 e. The Morgan fingerprint density at radius 1 is 1.15 bits per heavy atom. The minimum absolute atomic E-state index is 0.170. The molecule has 40 heavy (non-hydrogen) atoms. The zero-order valence-electron chi connectivity index (χ0n) is 23.0. The number of aliphatic hydroxyl groups excluding tert-OH is 1. The molecule has 3 aliphatic heterocycles. The number of hydrogen-bond donors (Lipinski definition) is 2. The van der Waals surface area contributed by atoms with E-state index in [1.807, 2.05) is 54.6 Å². The summed E-state index contributed by atoms with van der Waals surface area (Å²) in [4.78, 5) is 45.0. The van der Waals surface area contributed by atoms with Crippen molar-refractivity contribution in [3.8, 4) is 0 Å². The molecule has 2 amide bonds. The van der Waals surface area contributed by atoms with Crippen molar-refractivity contribution in [3.63, 3.8) is 0 Å². The average Bonchev–Trinajstić information content (AvgIpc) is 3.55. The van der Waals surface area contributed by atoms with Crippen LogP contribution in [0.5, 0.6) is 0 Å². The zero-order valence-corrected chi connectivity index (χ0v) is 24.5. The fraction of sp³-hybridized carbons (Fsp3) is 0.500. The molecule has 0 aliphatic carbocycles. The van der Waals surface area contributed by atoms with Crippen molar-refractivity contribution in [2.45, 2.75) is 55.8 Å². The van der Waals surface area contributed by atoms with Gasteiger partial charge < -0.3 is 29.7 Å². The van der Waals surface area contributed by atoms with Crippen molar-refractivity contribution in [1.29, 1.82) is 0 Å². The molecular weight excluding hydrogens is 578 g/mol. The Balaban J connectivity index is 1.54. The summed E-state index contributed by atoms with van der Waals surface area (Å²) >= 11 is 3.66. The lowest BCUT2D eigenvalue weighted by Crippen LogP contribution is -2.54. The minimum Gasteiger partial charge on any atom is -0.466 e. The van der Waals surface area contributed by atoms with E-state index in [0.29, 0.717) is 17.7 Å². The Labute approximate surface area is 242 Å². The Hall–Kier alpha value is -2.95. The molecule has 2 aromatic carbocycles. The number of fused-ring (bicyclic) bond motifs is 1. The number of esters is 1. The molecule has 0 radical (unpaired) electrons. The third kappa shape index (κ3) is 4.59. The van der Waals surface area contributed by atoms with Gasteiger partial charge in [0.2, 0.25) is 11.8 Å². The van der Waals surface area contributed by atoms with Crippen molar-refractivity contribution in [1.82, 2.24) is 4.90 Å². The number of ether oxygens (including phenoxy) is 2. The summed E-state index contributed by atoms with van der Waals surface area (Å²) in [5.41, 5.74) is 1.06. The van der Waals surface area contributed by atoms with Gasteiger partial charge in [-0.2, -0.15) is 0 Å². The molecule has 3 aliphatic rings. The highest BCUT2D eigenvalue weighted by atomic mass is 79.9. The number of carbonyl (C=O) groups is 3. The molecule has 0 aromatic heterocycles. The second-order valence-electron chi connectivity index (χ2n) is 10.5. The molecule has 10 heteroatoms. The lowest BCUT2D eigenvalue weighted by Gasteiger charge is -2.37. The normalized spacial score (nSPS) is 29.3. The standard InChI is InChI=1S/C30H36BrN3O6/c1-4-33(5-2)20-14-12-19(13-15-20)32-27(36)26-30-16-21(31)25(40-30)23(29(38)39-6-3)24(30)28(37)34(26)22(17-35)18-10-8-7-9-11-18/h7-15,21-26,35H,4-6,16-17H2,1-3H3,(H,32,36)/t21?,22-,23+,24+,25+,26?,30?/m1/s1. The van der Waals surface area contributed by atoms with Gasteiger partial charge in [0.25, 0.3) is 0 Å². The first kappa shape index (κ1) is 28.6. The van der Waals surface area contributed by atoms with Gasteiger partial charge in [-0.25, -0.2) is 0 Å². The summed E-state index contributed by atoms with van der Waals surface area (Å²) in [5, 5.41) is 13.5. The van der Waals surface area contributed by atoms with E-state index in [-0.39, 0.29) is 17.3 Å². The van der Waals surface area contributed by atoms with Crippen LogP contribution in [0.3, 0.4) is 0 Å². The molecule has 2 N–H and O–H groups in total. The van der Waals surface area contributed by atoms with Crippen molar-refractivity contribution >= 4 is 45.1 Å². The second kappa shape index (κ2) is 11.5. The molecule has 7 atom stereocenters. The lowest BCUT2D eigenvalue weighted by molar-refractivity contribution is -0.155. The van der Waals surface area contributed by atoms with E-state index in [4.69, 9.17) is 9.47 Å². The van der Waals surface area contributed by atoms with Crippen LogP contribution in [0.2, 0.25) is 0 Å². The molecule has 0 saturated carbocycles. The summed E-state index contributed by atoms with van der Waals surface area (Å²) in [6.45, 7) is 7.39. The van der Waals surface area contributed by atoms with Crippen LogP contribution in [0.25, 0.3) is 0 Å². The zero-order chi connectivity index (χ0) is 28.6. The summed E-state index contributed by atoms with van der Waals surface area (Å²) < 4.78 is 11.9. The molecule has 3 unspecified atom stereocenters. The number of likely N-dealkylation sites (tertiary alicyclic amines) is 1. The first-order chi connectivity index (χ1) is 19.3. The topological polar surface area (TPSA) is 108 Å². The van der Waals surface area contributed by atoms with Crippen molar-refractivity contribution < 1.29 is 29.0 Å². The van der Waals surface area contributed by atoms with Gasteiger partial charge in [0.1, 0.15) is 11.6 Å². The number of nitrogens with one attached hydrogen (secondary N) is 1. The summed E-state index contributed by atoms with van der Waals surface area (Å²) in [6.07, 6.45) is -0.227. The van der Waals surface area contributed by atoms with E-state index in [0.717, 1.165) is 18.8 Å². The van der Waals surface area contributed by atoms with E-state index < -0.39 is 54.1 Å². The van der Waals surface area contributed by atoms with Gasteiger partial charge in [0.05, 0.1) is 37.2 Å². The molecule has 3 heterocycles. The summed E-state index contributed by atoms with van der Waals surface area (Å²) in [6, 6.07) is 14.8. The molecule has 2 bridgehead atoms. The molecular formula is C30H36BrN3O6. The Kier molecular flexibility index (Phi) is 8.22. The van der Waals surface area contributed by atoms with Crippen LogP contribution in [0.4, 0.5) is 11.4 Å². The number of halogens is 1. The third-order valence-corrected chi connectivity index (χ3v) is 9.34. The van der Waals surface area contributed by atoms with Gasteiger partial charge >= 0.3 is 5.97 Å². The van der Waals surface area contributed by atoms with Crippen LogP contribution in [0.15, 0.2) is 54.6 Å². The maximum atomic E-state index is 14.3. The van der Waals surface area contributed by atoms with E-state index >= 15 is 0 Å².